The summed E-state index contributed by atoms with van der Waals surface area (Å²) in [6.07, 6.45) is 0. The lowest BCUT2D eigenvalue weighted by Crippen LogP contribution is -2.12. The summed E-state index contributed by atoms with van der Waals surface area (Å²) >= 11 is 1.02. The molecule has 0 aliphatic heterocycles. The van der Waals surface area contributed by atoms with Crippen molar-refractivity contribution in [3.8, 4) is 0 Å². The zero-order chi connectivity index (χ0) is 15.4. The van der Waals surface area contributed by atoms with Gasteiger partial charge in [0, 0.05) is 5.69 Å². The van der Waals surface area contributed by atoms with E-state index in [4.69, 9.17) is 5.11 Å². The highest BCUT2D eigenvalue weighted by Crippen LogP contribution is 2.23. The maximum atomic E-state index is 11.5. The number of carbonyl (C=O) groups excluding carboxylic acids is 1. The van der Waals surface area contributed by atoms with Crippen molar-refractivity contribution >= 4 is 23.7 Å². The fourth-order valence-corrected chi connectivity index (χ4v) is 2.20. The Kier molecular flexibility index (Phi) is 4.42. The third kappa shape index (κ3) is 3.72. The lowest BCUT2D eigenvalue weighted by molar-refractivity contribution is -0.138. The van der Waals surface area contributed by atoms with Crippen LogP contribution in [0.25, 0.3) is 0 Å². The Morgan fingerprint density at radius 1 is 1.43 bits per heavy atom. The highest BCUT2D eigenvalue weighted by Gasteiger charge is 2.15. The second kappa shape index (κ2) is 6.26. The molecule has 110 valence electrons. The van der Waals surface area contributed by atoms with Gasteiger partial charge < -0.3 is 9.84 Å². The predicted octanol–water partition coefficient (Wildman–Crippen LogP) is -0.206. The maximum Gasteiger partial charge on any atom is 0.376 e. The standard InChI is InChI=1S/C10H10N6O4S/c1-5-3-6(12-8(11-5)9(19)20-2)21-10-13-14-15-16(10)4-7(17)18/h3H,4H2,1-2H3,(H,17,18). The Labute approximate surface area is 122 Å². The van der Waals surface area contributed by atoms with Gasteiger partial charge in [0.05, 0.1) is 7.11 Å². The number of aromatic nitrogens is 6. The number of carboxylic acids is 1. The van der Waals surface area contributed by atoms with Crippen LogP contribution in [0.2, 0.25) is 0 Å². The van der Waals surface area contributed by atoms with Crippen molar-refractivity contribution in [3.05, 3.63) is 17.6 Å². The molecule has 0 atom stereocenters. The van der Waals surface area contributed by atoms with Gasteiger partial charge in [-0.3, -0.25) is 4.79 Å². The summed E-state index contributed by atoms with van der Waals surface area (Å²) in [6, 6.07) is 1.62. The predicted molar refractivity (Wildman–Crippen MR) is 67.7 cm³/mol. The number of aliphatic carboxylic acids is 1. The highest BCUT2D eigenvalue weighted by atomic mass is 32.2. The summed E-state index contributed by atoms with van der Waals surface area (Å²) in [7, 11) is 1.23. The fraction of sp³-hybridized carbons (Fsp3) is 0.300. The van der Waals surface area contributed by atoms with Crippen LogP contribution in [-0.2, 0) is 16.1 Å². The summed E-state index contributed by atoms with van der Waals surface area (Å²) in [4.78, 5) is 30.1. The molecule has 10 nitrogen and oxygen atoms in total. The average Bonchev–Trinajstić information content (AvgIpc) is 2.83. The minimum absolute atomic E-state index is 0.0859. The molecule has 0 aliphatic carbocycles. The quantitative estimate of drug-likeness (QED) is 0.584. The first-order chi connectivity index (χ1) is 9.99. The second-order valence-electron chi connectivity index (χ2n) is 3.78. The van der Waals surface area contributed by atoms with Gasteiger partial charge in [-0.2, -0.15) is 0 Å². The number of methoxy groups -OCH3 is 1. The van der Waals surface area contributed by atoms with Gasteiger partial charge in [0.25, 0.3) is 0 Å². The number of ether oxygens (including phenoxy) is 1. The number of tetrazole rings is 1. The molecule has 0 bridgehead atoms. The van der Waals surface area contributed by atoms with E-state index < -0.39 is 11.9 Å². The molecule has 0 fully saturated rings. The number of aryl methyl sites for hydroxylation is 1. The van der Waals surface area contributed by atoms with Crippen LogP contribution in [0.1, 0.15) is 16.3 Å². The topological polar surface area (TPSA) is 133 Å². The van der Waals surface area contributed by atoms with Gasteiger partial charge in [-0.05, 0) is 35.2 Å². The van der Waals surface area contributed by atoms with Crippen LogP contribution in [0.15, 0.2) is 16.2 Å². The molecule has 2 aromatic rings. The van der Waals surface area contributed by atoms with Crippen LogP contribution < -0.4 is 0 Å². The number of rotatable bonds is 5. The molecule has 0 amide bonds. The third-order valence-corrected chi connectivity index (χ3v) is 3.07. The van der Waals surface area contributed by atoms with Gasteiger partial charge >= 0.3 is 11.9 Å². The first kappa shape index (κ1) is 14.8. The first-order valence-electron chi connectivity index (χ1n) is 5.59. The average molecular weight is 310 g/mol. The van der Waals surface area contributed by atoms with Crippen molar-refractivity contribution in [1.82, 2.24) is 30.2 Å². The van der Waals surface area contributed by atoms with Crippen LogP contribution in [0.3, 0.4) is 0 Å². The number of nitrogens with zero attached hydrogens (tertiary/aromatic N) is 6. The molecule has 2 aromatic heterocycles. The van der Waals surface area contributed by atoms with Crippen LogP contribution in [-0.4, -0.2) is 54.3 Å². The molecule has 2 rings (SSSR count). The van der Waals surface area contributed by atoms with Crippen molar-refractivity contribution < 1.29 is 19.4 Å². The van der Waals surface area contributed by atoms with E-state index in [1.165, 1.54) is 7.11 Å². The smallest absolute Gasteiger partial charge is 0.376 e. The molecule has 0 aliphatic rings. The first-order valence-corrected chi connectivity index (χ1v) is 6.41. The summed E-state index contributed by atoms with van der Waals surface area (Å²) in [6.45, 7) is 1.32. The maximum absolute atomic E-state index is 11.5. The van der Waals surface area contributed by atoms with Crippen LogP contribution in [0.4, 0.5) is 0 Å². The molecular weight excluding hydrogens is 300 g/mol. The van der Waals surface area contributed by atoms with Gasteiger partial charge in [-0.15, -0.1) is 5.10 Å². The highest BCUT2D eigenvalue weighted by molar-refractivity contribution is 7.99. The number of hydrogen-bond acceptors (Lipinski definition) is 9. The minimum Gasteiger partial charge on any atom is -0.480 e. The van der Waals surface area contributed by atoms with Gasteiger partial charge in [-0.25, -0.2) is 19.4 Å². The molecule has 2 heterocycles. The monoisotopic (exact) mass is 310 g/mol. The van der Waals surface area contributed by atoms with Crippen molar-refractivity contribution in [2.45, 2.75) is 23.7 Å². The van der Waals surface area contributed by atoms with Crippen LogP contribution in [0.5, 0.6) is 0 Å². The summed E-state index contributed by atoms with van der Waals surface area (Å²) in [5.41, 5.74) is 0.560. The summed E-state index contributed by atoms with van der Waals surface area (Å²) in [5, 5.41) is 20.1. The number of esters is 1. The molecule has 0 aromatic carbocycles. The number of carbonyl (C=O) groups is 2. The Balaban J connectivity index is 2.27. The largest absolute Gasteiger partial charge is 0.480 e. The molecule has 21 heavy (non-hydrogen) atoms. The third-order valence-electron chi connectivity index (χ3n) is 2.18. The molecule has 0 spiro atoms. The van der Waals surface area contributed by atoms with Gasteiger partial charge in [-0.1, -0.05) is 0 Å². The van der Waals surface area contributed by atoms with Crippen molar-refractivity contribution in [2.75, 3.05) is 7.11 Å². The Morgan fingerprint density at radius 3 is 2.86 bits per heavy atom. The molecule has 0 saturated carbocycles. The molecular formula is C10H10N6O4S. The van der Waals surface area contributed by atoms with E-state index in [1.54, 1.807) is 13.0 Å². The molecule has 0 unspecified atom stereocenters. The van der Waals surface area contributed by atoms with Crippen molar-refractivity contribution in [3.63, 3.8) is 0 Å². The zero-order valence-electron chi connectivity index (χ0n) is 11.0. The molecule has 11 heteroatoms. The normalized spacial score (nSPS) is 10.4. The van der Waals surface area contributed by atoms with E-state index in [1.807, 2.05) is 0 Å². The van der Waals surface area contributed by atoms with E-state index in [0.29, 0.717) is 10.7 Å². The van der Waals surface area contributed by atoms with Crippen molar-refractivity contribution in [1.29, 1.82) is 0 Å². The number of carboxylic acid groups (broad SMARTS) is 1. The van der Waals surface area contributed by atoms with Gasteiger partial charge in [0.15, 0.2) is 0 Å². The van der Waals surface area contributed by atoms with E-state index in [0.717, 1.165) is 16.4 Å². The Morgan fingerprint density at radius 2 is 2.19 bits per heavy atom. The van der Waals surface area contributed by atoms with Crippen LogP contribution >= 0.6 is 11.8 Å². The van der Waals surface area contributed by atoms with E-state index in [2.05, 4.69) is 30.2 Å². The molecule has 0 radical (unpaired) electrons. The van der Waals surface area contributed by atoms with Gasteiger partial charge in [0.1, 0.15) is 11.6 Å². The Hall–Kier alpha value is -2.56. The van der Waals surface area contributed by atoms with Crippen molar-refractivity contribution in [2.24, 2.45) is 0 Å². The summed E-state index contributed by atoms with van der Waals surface area (Å²) < 4.78 is 5.67. The van der Waals surface area contributed by atoms with E-state index >= 15 is 0 Å². The van der Waals surface area contributed by atoms with Crippen LogP contribution in [0, 0.1) is 6.92 Å². The van der Waals surface area contributed by atoms with E-state index in [9.17, 15) is 9.59 Å². The van der Waals surface area contributed by atoms with E-state index in [-0.39, 0.29) is 17.5 Å². The zero-order valence-corrected chi connectivity index (χ0v) is 11.9. The molecule has 1 N–H and O–H groups in total. The fourth-order valence-electron chi connectivity index (χ4n) is 1.36. The lowest BCUT2D eigenvalue weighted by atomic mass is 10.4. The second-order valence-corrected chi connectivity index (χ2v) is 4.77. The number of hydrogen-bond donors (Lipinski definition) is 1. The molecule has 0 saturated heterocycles. The lowest BCUT2D eigenvalue weighted by Gasteiger charge is -2.04. The van der Waals surface area contributed by atoms with Gasteiger partial charge in [0.2, 0.25) is 11.0 Å². The minimum atomic E-state index is -1.07. The summed E-state index contributed by atoms with van der Waals surface area (Å²) in [5.74, 6) is -1.82. The Bertz CT molecular complexity index is 688. The SMILES string of the molecule is COC(=O)c1nc(C)cc(Sc2nnnn2CC(=O)O)n1.